The second-order valence-corrected chi connectivity index (χ2v) is 6.86. The van der Waals surface area contributed by atoms with Crippen LogP contribution in [0.5, 0.6) is 0 Å². The molecule has 0 aromatic rings. The SMILES string of the molecule is C=CCCCCCCCCCCCCCCCCCBr. The lowest BCUT2D eigenvalue weighted by Crippen LogP contribution is -1.83. The van der Waals surface area contributed by atoms with E-state index in [2.05, 4.69) is 22.5 Å². The minimum Gasteiger partial charge on any atom is -0.103 e. The highest BCUT2D eigenvalue weighted by molar-refractivity contribution is 9.09. The Morgan fingerprint density at radius 1 is 0.500 bits per heavy atom. The van der Waals surface area contributed by atoms with E-state index in [1.807, 2.05) is 6.08 Å². The van der Waals surface area contributed by atoms with Crippen molar-refractivity contribution in [3.05, 3.63) is 12.7 Å². The van der Waals surface area contributed by atoms with Crippen LogP contribution < -0.4 is 0 Å². The molecule has 0 radical (unpaired) electrons. The molecule has 0 spiro atoms. The highest BCUT2D eigenvalue weighted by Crippen LogP contribution is 2.13. The number of hydrogen-bond acceptors (Lipinski definition) is 0. The van der Waals surface area contributed by atoms with E-state index in [9.17, 15) is 0 Å². The first kappa shape index (κ1) is 20.2. The Balaban J connectivity index is 2.90. The second-order valence-electron chi connectivity index (χ2n) is 6.07. The maximum absolute atomic E-state index is 3.77. The molecule has 0 aliphatic rings. The van der Waals surface area contributed by atoms with E-state index in [0.29, 0.717) is 0 Å². The Labute approximate surface area is 136 Å². The standard InChI is InChI=1S/C19H37Br/c1-2-3-4-5-6-7-8-9-10-11-12-13-14-15-16-17-18-19-20/h2H,1,3-19H2. The quantitative estimate of drug-likeness (QED) is 0.143. The maximum Gasteiger partial charge on any atom is 0.00313 e. The molecule has 1 heteroatoms. The zero-order valence-electron chi connectivity index (χ0n) is 13.7. The van der Waals surface area contributed by atoms with Crippen LogP contribution in [-0.4, -0.2) is 5.33 Å². The predicted octanol–water partition coefficient (Wildman–Crippen LogP) is 7.81. The van der Waals surface area contributed by atoms with Crippen LogP contribution >= 0.6 is 15.9 Å². The van der Waals surface area contributed by atoms with Crippen molar-refractivity contribution in [2.24, 2.45) is 0 Å². The van der Waals surface area contributed by atoms with Crippen molar-refractivity contribution in [3.63, 3.8) is 0 Å². The van der Waals surface area contributed by atoms with Crippen LogP contribution in [0.3, 0.4) is 0 Å². The fraction of sp³-hybridized carbons (Fsp3) is 0.895. The number of alkyl halides is 1. The van der Waals surface area contributed by atoms with Crippen LogP contribution in [0.2, 0.25) is 0 Å². The van der Waals surface area contributed by atoms with Crippen LogP contribution in [0.4, 0.5) is 0 Å². The predicted molar refractivity (Wildman–Crippen MR) is 97.9 cm³/mol. The van der Waals surface area contributed by atoms with E-state index >= 15 is 0 Å². The average Bonchev–Trinajstić information content (AvgIpc) is 2.47. The average molecular weight is 345 g/mol. The largest absolute Gasteiger partial charge is 0.103 e. The first-order valence-corrected chi connectivity index (χ1v) is 10.2. The Kier molecular flexibility index (Phi) is 19.4. The summed E-state index contributed by atoms with van der Waals surface area (Å²) in [7, 11) is 0. The van der Waals surface area contributed by atoms with Gasteiger partial charge in [0.25, 0.3) is 0 Å². The maximum atomic E-state index is 3.77. The Bertz CT molecular complexity index is 177. The normalized spacial score (nSPS) is 10.8. The van der Waals surface area contributed by atoms with E-state index in [1.54, 1.807) is 0 Å². The smallest absolute Gasteiger partial charge is 0.00313 e. The molecule has 0 nitrogen and oxygen atoms in total. The van der Waals surface area contributed by atoms with E-state index in [4.69, 9.17) is 0 Å². The van der Waals surface area contributed by atoms with Crippen molar-refractivity contribution in [2.75, 3.05) is 5.33 Å². The molecule has 120 valence electrons. The number of allylic oxidation sites excluding steroid dienone is 1. The van der Waals surface area contributed by atoms with Crippen LogP contribution in [0.15, 0.2) is 12.7 Å². The lowest BCUT2D eigenvalue weighted by molar-refractivity contribution is 0.533. The summed E-state index contributed by atoms with van der Waals surface area (Å²) in [5.74, 6) is 0. The summed E-state index contributed by atoms with van der Waals surface area (Å²) in [5, 5.41) is 1.18. The molecule has 0 bridgehead atoms. The molecule has 0 amide bonds. The number of rotatable bonds is 17. The number of halogens is 1. The highest BCUT2D eigenvalue weighted by Gasteiger charge is 1.94. The lowest BCUT2D eigenvalue weighted by Gasteiger charge is -2.03. The molecular formula is C19H37Br. The van der Waals surface area contributed by atoms with Crippen molar-refractivity contribution in [1.82, 2.24) is 0 Å². The van der Waals surface area contributed by atoms with Crippen molar-refractivity contribution in [2.45, 2.75) is 103 Å². The third kappa shape index (κ3) is 18.2. The van der Waals surface area contributed by atoms with E-state index in [0.717, 1.165) is 0 Å². The van der Waals surface area contributed by atoms with Gasteiger partial charge in [0.05, 0.1) is 0 Å². The van der Waals surface area contributed by atoms with Gasteiger partial charge in [0.2, 0.25) is 0 Å². The molecule has 0 saturated heterocycles. The van der Waals surface area contributed by atoms with Crippen molar-refractivity contribution in [3.8, 4) is 0 Å². The highest BCUT2D eigenvalue weighted by atomic mass is 79.9. The summed E-state index contributed by atoms with van der Waals surface area (Å²) in [6, 6.07) is 0. The fourth-order valence-electron chi connectivity index (χ4n) is 2.68. The van der Waals surface area contributed by atoms with Crippen LogP contribution in [-0.2, 0) is 0 Å². The van der Waals surface area contributed by atoms with Crippen LogP contribution in [0.25, 0.3) is 0 Å². The zero-order chi connectivity index (χ0) is 14.7. The minimum absolute atomic E-state index is 1.18. The fourth-order valence-corrected chi connectivity index (χ4v) is 3.08. The molecular weight excluding hydrogens is 308 g/mol. The molecule has 0 N–H and O–H groups in total. The minimum atomic E-state index is 1.18. The van der Waals surface area contributed by atoms with Crippen molar-refractivity contribution < 1.29 is 0 Å². The van der Waals surface area contributed by atoms with Crippen LogP contribution in [0.1, 0.15) is 103 Å². The summed E-state index contributed by atoms with van der Waals surface area (Å²) < 4.78 is 0. The van der Waals surface area contributed by atoms with Gasteiger partial charge in [-0.1, -0.05) is 105 Å². The lowest BCUT2D eigenvalue weighted by atomic mass is 10.0. The molecule has 0 saturated carbocycles. The monoisotopic (exact) mass is 344 g/mol. The van der Waals surface area contributed by atoms with Crippen molar-refractivity contribution >= 4 is 15.9 Å². The van der Waals surface area contributed by atoms with Gasteiger partial charge < -0.3 is 0 Å². The summed E-state index contributed by atoms with van der Waals surface area (Å²) in [6.07, 6.45) is 24.8. The summed E-state index contributed by atoms with van der Waals surface area (Å²) in [5.41, 5.74) is 0. The van der Waals surface area contributed by atoms with Gasteiger partial charge in [-0.05, 0) is 19.3 Å². The molecule has 0 fully saturated rings. The molecule has 0 aliphatic heterocycles. The van der Waals surface area contributed by atoms with E-state index in [-0.39, 0.29) is 0 Å². The number of unbranched alkanes of at least 4 members (excludes halogenated alkanes) is 15. The third-order valence-electron chi connectivity index (χ3n) is 4.04. The summed E-state index contributed by atoms with van der Waals surface area (Å²) in [4.78, 5) is 0. The second kappa shape index (κ2) is 19.2. The van der Waals surface area contributed by atoms with Gasteiger partial charge >= 0.3 is 0 Å². The molecule has 0 heterocycles. The Hall–Kier alpha value is 0.220. The van der Waals surface area contributed by atoms with Gasteiger partial charge in [0.15, 0.2) is 0 Å². The van der Waals surface area contributed by atoms with Gasteiger partial charge in [0.1, 0.15) is 0 Å². The third-order valence-corrected chi connectivity index (χ3v) is 4.60. The number of hydrogen-bond donors (Lipinski definition) is 0. The zero-order valence-corrected chi connectivity index (χ0v) is 15.3. The molecule has 0 aromatic carbocycles. The Morgan fingerprint density at radius 2 is 0.800 bits per heavy atom. The Morgan fingerprint density at radius 3 is 1.10 bits per heavy atom. The van der Waals surface area contributed by atoms with Gasteiger partial charge in [-0.25, -0.2) is 0 Å². The summed E-state index contributed by atoms with van der Waals surface area (Å²) in [6.45, 7) is 3.77. The van der Waals surface area contributed by atoms with Gasteiger partial charge in [-0.3, -0.25) is 0 Å². The van der Waals surface area contributed by atoms with Crippen LogP contribution in [0, 0.1) is 0 Å². The van der Waals surface area contributed by atoms with E-state index in [1.165, 1.54) is 108 Å². The molecule has 0 aliphatic carbocycles. The van der Waals surface area contributed by atoms with Gasteiger partial charge in [-0.15, -0.1) is 6.58 Å². The summed E-state index contributed by atoms with van der Waals surface area (Å²) >= 11 is 3.49. The first-order valence-electron chi connectivity index (χ1n) is 9.08. The topological polar surface area (TPSA) is 0 Å². The van der Waals surface area contributed by atoms with E-state index < -0.39 is 0 Å². The molecule has 0 aromatic heterocycles. The van der Waals surface area contributed by atoms with Gasteiger partial charge in [0, 0.05) is 5.33 Å². The molecule has 0 unspecified atom stereocenters. The molecule has 20 heavy (non-hydrogen) atoms. The molecule has 0 atom stereocenters. The van der Waals surface area contributed by atoms with Crippen molar-refractivity contribution in [1.29, 1.82) is 0 Å². The van der Waals surface area contributed by atoms with Gasteiger partial charge in [-0.2, -0.15) is 0 Å². The first-order chi connectivity index (χ1) is 9.91. The molecule has 0 rings (SSSR count).